The summed E-state index contributed by atoms with van der Waals surface area (Å²) in [5.74, 6) is 0.651. The Morgan fingerprint density at radius 2 is 1.24 bits per heavy atom. The van der Waals surface area contributed by atoms with Gasteiger partial charge in [-0.2, -0.15) is 25.3 Å². The Hall–Kier alpha value is -0.380. The fraction of sp³-hybridized carbons (Fsp3) is 0.429. The van der Waals surface area contributed by atoms with E-state index in [-0.39, 0.29) is 9.74 Å². The smallest absolute Gasteiger partial charge is 0.0879 e. The van der Waals surface area contributed by atoms with E-state index in [4.69, 9.17) is 25.3 Å². The van der Waals surface area contributed by atoms with E-state index in [2.05, 4.69) is 55.6 Å². The van der Waals surface area contributed by atoms with E-state index in [9.17, 15) is 0 Å². The molecule has 3 heteroatoms. The highest BCUT2D eigenvalue weighted by molar-refractivity contribution is 7.83. The Morgan fingerprint density at radius 1 is 0.824 bits per heavy atom. The van der Waals surface area contributed by atoms with Gasteiger partial charge in [-0.05, 0) is 0 Å². The predicted octanol–water partition coefficient (Wildman–Crippen LogP) is 3.35. The normalized spacial score (nSPS) is 44.2. The lowest BCUT2D eigenvalue weighted by Gasteiger charge is -2.43. The van der Waals surface area contributed by atoms with Crippen molar-refractivity contribution >= 4 is 25.3 Å². The molecule has 4 unspecified atom stereocenters. The third kappa shape index (κ3) is 2.56. The lowest BCUT2D eigenvalue weighted by atomic mass is 9.90. The van der Waals surface area contributed by atoms with Crippen molar-refractivity contribution in [2.24, 2.45) is 11.8 Å². The van der Waals surface area contributed by atoms with Crippen LogP contribution in [-0.4, -0.2) is 9.74 Å². The van der Waals surface area contributed by atoms with Crippen LogP contribution in [0.3, 0.4) is 0 Å². The third-order valence-electron chi connectivity index (χ3n) is 3.51. The topological polar surface area (TPSA) is 12.0 Å². The highest BCUT2D eigenvalue weighted by atomic mass is 32.1. The Labute approximate surface area is 115 Å². The maximum absolute atomic E-state index is 4.79. The number of hydrogen-bond acceptors (Lipinski definition) is 3. The van der Waals surface area contributed by atoms with Gasteiger partial charge >= 0.3 is 0 Å². The third-order valence-corrected chi connectivity index (χ3v) is 4.85. The summed E-state index contributed by atoms with van der Waals surface area (Å²) in [6, 6.07) is 0. The SMILES string of the molecule is CC1C=CC=CC1(S)NC1(S)C=CC=CC1C. The molecule has 0 aromatic carbocycles. The molecular weight excluding hydrogens is 246 g/mol. The minimum absolute atomic E-state index is 0.325. The first-order valence-electron chi connectivity index (χ1n) is 5.92. The highest BCUT2D eigenvalue weighted by Crippen LogP contribution is 2.36. The molecule has 92 valence electrons. The Kier molecular flexibility index (Phi) is 3.62. The molecule has 0 radical (unpaired) electrons. The molecule has 2 rings (SSSR count). The summed E-state index contributed by atoms with van der Waals surface area (Å²) in [6.45, 7) is 4.31. The van der Waals surface area contributed by atoms with Crippen molar-refractivity contribution in [2.75, 3.05) is 0 Å². The van der Waals surface area contributed by atoms with Crippen LogP contribution >= 0.6 is 25.3 Å². The second-order valence-corrected chi connectivity index (χ2v) is 6.32. The summed E-state index contributed by atoms with van der Waals surface area (Å²) in [4.78, 5) is -0.694. The van der Waals surface area contributed by atoms with E-state index in [1.54, 1.807) is 0 Å². The monoisotopic (exact) mass is 265 g/mol. The molecule has 4 atom stereocenters. The van der Waals surface area contributed by atoms with Crippen LogP contribution < -0.4 is 5.32 Å². The maximum atomic E-state index is 4.79. The van der Waals surface area contributed by atoms with Crippen LogP contribution in [-0.2, 0) is 0 Å². The summed E-state index contributed by atoms with van der Waals surface area (Å²) in [5.41, 5.74) is 0. The molecule has 2 aliphatic rings. The summed E-state index contributed by atoms with van der Waals surface area (Å²) < 4.78 is 0. The Balaban J connectivity index is 2.20. The Morgan fingerprint density at radius 3 is 1.59 bits per heavy atom. The van der Waals surface area contributed by atoms with Crippen LogP contribution in [0.25, 0.3) is 0 Å². The number of thiol groups is 2. The summed E-state index contributed by atoms with van der Waals surface area (Å²) in [5, 5.41) is 3.56. The molecule has 0 amide bonds. The van der Waals surface area contributed by atoms with Crippen LogP contribution in [0, 0.1) is 11.8 Å². The summed E-state index contributed by atoms with van der Waals surface area (Å²) in [6.07, 6.45) is 16.7. The molecule has 0 spiro atoms. The molecule has 0 aliphatic heterocycles. The van der Waals surface area contributed by atoms with Crippen LogP contribution in [0.2, 0.25) is 0 Å². The second kappa shape index (κ2) is 4.71. The predicted molar refractivity (Wildman–Crippen MR) is 81.5 cm³/mol. The van der Waals surface area contributed by atoms with Gasteiger partial charge < -0.3 is 0 Å². The van der Waals surface area contributed by atoms with Crippen molar-refractivity contribution in [3.05, 3.63) is 48.6 Å². The molecule has 1 nitrogen and oxygen atoms in total. The molecule has 0 saturated carbocycles. The molecule has 0 bridgehead atoms. The first-order chi connectivity index (χ1) is 7.96. The van der Waals surface area contributed by atoms with Gasteiger partial charge in [-0.3, -0.25) is 5.32 Å². The van der Waals surface area contributed by atoms with Crippen LogP contribution in [0.1, 0.15) is 13.8 Å². The van der Waals surface area contributed by atoms with Gasteiger partial charge in [-0.25, -0.2) is 0 Å². The quantitative estimate of drug-likeness (QED) is 0.514. The largest absolute Gasteiger partial charge is 0.281 e. The number of nitrogens with one attached hydrogen (secondary N) is 1. The molecular formula is C14H19NS2. The molecule has 0 aromatic heterocycles. The highest BCUT2D eigenvalue weighted by Gasteiger charge is 2.39. The molecule has 0 heterocycles. The molecule has 17 heavy (non-hydrogen) atoms. The molecule has 0 saturated heterocycles. The van der Waals surface area contributed by atoms with Gasteiger partial charge in [-0.1, -0.05) is 62.5 Å². The minimum Gasteiger partial charge on any atom is -0.281 e. The average molecular weight is 265 g/mol. The van der Waals surface area contributed by atoms with Crippen molar-refractivity contribution in [1.82, 2.24) is 5.32 Å². The lowest BCUT2D eigenvalue weighted by Crippen LogP contribution is -2.56. The average Bonchev–Trinajstić information content (AvgIpc) is 2.27. The summed E-state index contributed by atoms with van der Waals surface area (Å²) >= 11 is 9.59. The Bertz CT molecular complexity index is 372. The first-order valence-corrected chi connectivity index (χ1v) is 6.82. The first kappa shape index (κ1) is 13.1. The van der Waals surface area contributed by atoms with E-state index in [0.29, 0.717) is 11.8 Å². The van der Waals surface area contributed by atoms with Crippen LogP contribution in [0.4, 0.5) is 0 Å². The van der Waals surface area contributed by atoms with Gasteiger partial charge in [-0.15, -0.1) is 0 Å². The maximum Gasteiger partial charge on any atom is 0.0879 e. The van der Waals surface area contributed by atoms with Crippen LogP contribution in [0.15, 0.2) is 48.6 Å². The van der Waals surface area contributed by atoms with E-state index >= 15 is 0 Å². The van der Waals surface area contributed by atoms with E-state index in [1.165, 1.54) is 0 Å². The molecule has 1 N–H and O–H groups in total. The zero-order chi connectivity index (χ0) is 12.5. The van der Waals surface area contributed by atoms with Crippen molar-refractivity contribution in [2.45, 2.75) is 23.6 Å². The summed E-state index contributed by atoms with van der Waals surface area (Å²) in [7, 11) is 0. The fourth-order valence-corrected chi connectivity index (χ4v) is 2.90. The standard InChI is InChI=1S/C14H19NS2/c1-11-7-3-5-9-13(11,16)15-14(17)10-6-4-8-12(14)2/h3-12,15-17H,1-2H3. The van der Waals surface area contributed by atoms with Gasteiger partial charge in [0.15, 0.2) is 0 Å². The van der Waals surface area contributed by atoms with Gasteiger partial charge in [0.05, 0.1) is 9.74 Å². The van der Waals surface area contributed by atoms with Crippen molar-refractivity contribution in [3.63, 3.8) is 0 Å². The van der Waals surface area contributed by atoms with Gasteiger partial charge in [0.25, 0.3) is 0 Å². The van der Waals surface area contributed by atoms with Crippen molar-refractivity contribution in [1.29, 1.82) is 0 Å². The second-order valence-electron chi connectivity index (χ2n) is 4.84. The zero-order valence-electron chi connectivity index (χ0n) is 10.2. The van der Waals surface area contributed by atoms with Crippen molar-refractivity contribution in [3.8, 4) is 0 Å². The van der Waals surface area contributed by atoms with Gasteiger partial charge in [0.2, 0.25) is 0 Å². The number of hydrogen-bond donors (Lipinski definition) is 3. The number of rotatable bonds is 2. The van der Waals surface area contributed by atoms with Crippen molar-refractivity contribution < 1.29 is 0 Å². The van der Waals surface area contributed by atoms with E-state index < -0.39 is 0 Å². The van der Waals surface area contributed by atoms with Gasteiger partial charge in [0.1, 0.15) is 0 Å². The molecule has 0 aromatic rings. The van der Waals surface area contributed by atoms with Gasteiger partial charge in [0, 0.05) is 11.8 Å². The van der Waals surface area contributed by atoms with E-state index in [0.717, 1.165) is 0 Å². The zero-order valence-corrected chi connectivity index (χ0v) is 12.0. The number of allylic oxidation sites excluding steroid dienone is 4. The molecule has 0 fully saturated rings. The van der Waals surface area contributed by atoms with E-state index in [1.807, 2.05) is 12.2 Å². The molecule has 2 aliphatic carbocycles. The fourth-order valence-electron chi connectivity index (χ4n) is 2.09. The van der Waals surface area contributed by atoms with Crippen LogP contribution in [0.5, 0.6) is 0 Å². The minimum atomic E-state index is -0.347. The lowest BCUT2D eigenvalue weighted by molar-refractivity contribution is 0.360.